The van der Waals surface area contributed by atoms with E-state index in [0.717, 1.165) is 12.0 Å². The Labute approximate surface area is 134 Å². The highest BCUT2D eigenvalue weighted by atomic mass is 19.4. The van der Waals surface area contributed by atoms with Crippen LogP contribution in [0, 0.1) is 5.92 Å². The van der Waals surface area contributed by atoms with Gasteiger partial charge in [0.25, 0.3) is 0 Å². The Balaban J connectivity index is 2.43. The van der Waals surface area contributed by atoms with Gasteiger partial charge >= 0.3 is 6.36 Å². The van der Waals surface area contributed by atoms with Crippen LogP contribution in [0.15, 0.2) is 24.3 Å². The number of carbonyl (C=O) groups excluding carboxylic acids is 1. The molecule has 1 amide bonds. The molecule has 1 unspecified atom stereocenters. The van der Waals surface area contributed by atoms with Crippen molar-refractivity contribution in [2.45, 2.75) is 45.5 Å². The van der Waals surface area contributed by atoms with Crippen molar-refractivity contribution in [1.82, 2.24) is 5.32 Å². The van der Waals surface area contributed by atoms with Gasteiger partial charge in [-0.25, -0.2) is 0 Å². The van der Waals surface area contributed by atoms with E-state index in [0.29, 0.717) is 18.9 Å². The van der Waals surface area contributed by atoms with Gasteiger partial charge in [-0.3, -0.25) is 4.79 Å². The summed E-state index contributed by atoms with van der Waals surface area (Å²) < 4.78 is 40.0. The number of aryl methyl sites for hydroxylation is 1. The Kier molecular flexibility index (Phi) is 7.35. The van der Waals surface area contributed by atoms with Crippen LogP contribution < -0.4 is 15.8 Å². The molecule has 130 valence electrons. The molecule has 1 aromatic rings. The predicted molar refractivity (Wildman–Crippen MR) is 81.9 cm³/mol. The summed E-state index contributed by atoms with van der Waals surface area (Å²) in [5, 5.41) is 2.87. The van der Waals surface area contributed by atoms with E-state index >= 15 is 0 Å². The summed E-state index contributed by atoms with van der Waals surface area (Å²) in [5.41, 5.74) is 6.39. The number of halogens is 3. The van der Waals surface area contributed by atoms with Crippen molar-refractivity contribution in [2.75, 3.05) is 6.54 Å². The van der Waals surface area contributed by atoms with Crippen LogP contribution >= 0.6 is 0 Å². The van der Waals surface area contributed by atoms with Crippen LogP contribution in [0.4, 0.5) is 13.2 Å². The molecule has 1 atom stereocenters. The van der Waals surface area contributed by atoms with Crippen LogP contribution in [0.1, 0.15) is 32.3 Å². The van der Waals surface area contributed by atoms with Crippen molar-refractivity contribution in [3.63, 3.8) is 0 Å². The first-order chi connectivity index (χ1) is 10.7. The number of benzene rings is 1. The fraction of sp³-hybridized carbons (Fsp3) is 0.562. The number of carbonyl (C=O) groups is 1. The molecule has 3 N–H and O–H groups in total. The molecular weight excluding hydrogens is 309 g/mol. The molecule has 0 fully saturated rings. The molecule has 7 heteroatoms. The second-order valence-electron chi connectivity index (χ2n) is 5.82. The highest BCUT2D eigenvalue weighted by molar-refractivity contribution is 5.76. The molecule has 0 aromatic heterocycles. The van der Waals surface area contributed by atoms with Crippen LogP contribution in [-0.2, 0) is 11.2 Å². The number of hydrogen-bond donors (Lipinski definition) is 2. The second-order valence-corrected chi connectivity index (χ2v) is 5.82. The minimum absolute atomic E-state index is 0.0509. The fourth-order valence-corrected chi connectivity index (χ4v) is 2.20. The maximum absolute atomic E-state index is 12.1. The first-order valence-corrected chi connectivity index (χ1v) is 7.53. The molecule has 23 heavy (non-hydrogen) atoms. The number of alkyl halides is 3. The number of ether oxygens (including phenoxy) is 1. The second kappa shape index (κ2) is 8.76. The summed E-state index contributed by atoms with van der Waals surface area (Å²) in [7, 11) is 0. The van der Waals surface area contributed by atoms with Crippen LogP contribution in [-0.4, -0.2) is 24.9 Å². The molecule has 1 rings (SSSR count). The molecule has 0 spiro atoms. The monoisotopic (exact) mass is 332 g/mol. The number of nitrogens with two attached hydrogens (primary N) is 1. The maximum Gasteiger partial charge on any atom is 0.573 e. The van der Waals surface area contributed by atoms with E-state index < -0.39 is 6.36 Å². The maximum atomic E-state index is 12.1. The molecule has 0 heterocycles. The molecule has 0 radical (unpaired) electrons. The number of amides is 1. The minimum atomic E-state index is -4.70. The van der Waals surface area contributed by atoms with Crippen LogP contribution in [0.3, 0.4) is 0 Å². The lowest BCUT2D eigenvalue weighted by atomic mass is 10.0. The number of rotatable bonds is 8. The van der Waals surface area contributed by atoms with Gasteiger partial charge in [0.2, 0.25) is 5.91 Å². The quantitative estimate of drug-likeness (QED) is 0.769. The van der Waals surface area contributed by atoms with E-state index in [9.17, 15) is 18.0 Å². The topological polar surface area (TPSA) is 64.3 Å². The molecule has 0 saturated carbocycles. The third-order valence-corrected chi connectivity index (χ3v) is 3.20. The van der Waals surface area contributed by atoms with Gasteiger partial charge in [0.15, 0.2) is 0 Å². The molecular formula is C16H23F3N2O2. The average Bonchev–Trinajstić information content (AvgIpc) is 2.43. The lowest BCUT2D eigenvalue weighted by Crippen LogP contribution is -2.41. The van der Waals surface area contributed by atoms with Gasteiger partial charge < -0.3 is 15.8 Å². The van der Waals surface area contributed by atoms with Crippen LogP contribution in [0.5, 0.6) is 5.75 Å². The SMILES string of the molecule is CC(C)CC(CN)NC(=O)CCc1ccc(OC(F)(F)F)cc1. The van der Waals surface area contributed by atoms with Gasteiger partial charge in [0.05, 0.1) is 0 Å². The lowest BCUT2D eigenvalue weighted by molar-refractivity contribution is -0.274. The van der Waals surface area contributed by atoms with Gasteiger partial charge in [-0.1, -0.05) is 26.0 Å². The summed E-state index contributed by atoms with van der Waals surface area (Å²) in [5.74, 6) is 0.0487. The summed E-state index contributed by atoms with van der Waals surface area (Å²) >= 11 is 0. The summed E-state index contributed by atoms with van der Waals surface area (Å²) in [6, 6.07) is 5.46. The molecule has 0 bridgehead atoms. The Bertz CT molecular complexity index is 487. The number of hydrogen-bond acceptors (Lipinski definition) is 3. The summed E-state index contributed by atoms with van der Waals surface area (Å²) in [4.78, 5) is 11.9. The molecule has 4 nitrogen and oxygen atoms in total. The van der Waals surface area contributed by atoms with Gasteiger partial charge in [-0.15, -0.1) is 13.2 Å². The molecule has 0 aliphatic carbocycles. The van der Waals surface area contributed by atoms with Crippen LogP contribution in [0.25, 0.3) is 0 Å². The first-order valence-electron chi connectivity index (χ1n) is 7.53. The normalized spacial score (nSPS) is 13.0. The molecule has 1 aromatic carbocycles. The zero-order chi connectivity index (χ0) is 17.5. The van der Waals surface area contributed by atoms with E-state index in [4.69, 9.17) is 5.73 Å². The fourth-order valence-electron chi connectivity index (χ4n) is 2.20. The molecule has 0 aliphatic rings. The molecule has 0 saturated heterocycles. The zero-order valence-corrected chi connectivity index (χ0v) is 13.3. The Morgan fingerprint density at radius 2 is 1.87 bits per heavy atom. The number of nitrogens with one attached hydrogen (secondary N) is 1. The smallest absolute Gasteiger partial charge is 0.406 e. The van der Waals surface area contributed by atoms with E-state index in [2.05, 4.69) is 23.9 Å². The van der Waals surface area contributed by atoms with Gasteiger partial charge in [0, 0.05) is 19.0 Å². The van der Waals surface area contributed by atoms with Crippen molar-refractivity contribution in [2.24, 2.45) is 11.7 Å². The Morgan fingerprint density at radius 1 is 1.26 bits per heavy atom. The van der Waals surface area contributed by atoms with E-state index in [1.807, 2.05) is 0 Å². The van der Waals surface area contributed by atoms with E-state index in [1.54, 1.807) is 0 Å². The van der Waals surface area contributed by atoms with Gasteiger partial charge in [-0.2, -0.15) is 0 Å². The van der Waals surface area contributed by atoms with Gasteiger partial charge in [-0.05, 0) is 36.5 Å². The van der Waals surface area contributed by atoms with Gasteiger partial charge in [0.1, 0.15) is 5.75 Å². The van der Waals surface area contributed by atoms with Crippen molar-refractivity contribution >= 4 is 5.91 Å². The zero-order valence-electron chi connectivity index (χ0n) is 13.3. The lowest BCUT2D eigenvalue weighted by Gasteiger charge is -2.18. The summed E-state index contributed by atoms with van der Waals surface area (Å²) in [6.07, 6.45) is -3.19. The Morgan fingerprint density at radius 3 is 2.35 bits per heavy atom. The predicted octanol–water partition coefficient (Wildman–Crippen LogP) is 3.01. The standard InChI is InChI=1S/C16H23F3N2O2/c1-11(2)9-13(10-20)21-15(22)8-5-12-3-6-14(7-4-12)23-16(17,18)19/h3-4,6-7,11,13H,5,8-10,20H2,1-2H3,(H,21,22). The van der Waals surface area contributed by atoms with Crippen LogP contribution in [0.2, 0.25) is 0 Å². The van der Waals surface area contributed by atoms with E-state index in [1.165, 1.54) is 24.3 Å². The van der Waals surface area contributed by atoms with Crippen molar-refractivity contribution in [1.29, 1.82) is 0 Å². The first kappa shape index (κ1) is 19.3. The van der Waals surface area contributed by atoms with Crippen molar-refractivity contribution in [3.05, 3.63) is 29.8 Å². The van der Waals surface area contributed by atoms with Crippen molar-refractivity contribution < 1.29 is 22.7 Å². The minimum Gasteiger partial charge on any atom is -0.406 e. The largest absolute Gasteiger partial charge is 0.573 e. The average molecular weight is 332 g/mol. The molecule has 0 aliphatic heterocycles. The highest BCUT2D eigenvalue weighted by Gasteiger charge is 2.30. The van der Waals surface area contributed by atoms with Crippen molar-refractivity contribution in [3.8, 4) is 5.75 Å². The highest BCUT2D eigenvalue weighted by Crippen LogP contribution is 2.23. The summed E-state index contributed by atoms with van der Waals surface area (Å²) in [6.45, 7) is 4.49. The van der Waals surface area contributed by atoms with E-state index in [-0.39, 0.29) is 24.1 Å². The Hall–Kier alpha value is -1.76. The third kappa shape index (κ3) is 8.44. The third-order valence-electron chi connectivity index (χ3n) is 3.20.